The van der Waals surface area contributed by atoms with Crippen molar-refractivity contribution in [1.29, 1.82) is 0 Å². The van der Waals surface area contributed by atoms with E-state index in [1.807, 2.05) is 24.3 Å². The lowest BCUT2D eigenvalue weighted by Gasteiger charge is -2.05. The highest BCUT2D eigenvalue weighted by atomic mass is 32.2. The molecule has 1 rings (SSSR count). The first kappa shape index (κ1) is 12.3. The fourth-order valence-electron chi connectivity index (χ4n) is 1.15. The summed E-state index contributed by atoms with van der Waals surface area (Å²) in [4.78, 5) is 0.519. The summed E-state index contributed by atoms with van der Waals surface area (Å²) >= 11 is 6.61. The number of benzene rings is 1. The van der Waals surface area contributed by atoms with E-state index in [4.69, 9.17) is 22.7 Å². The Morgan fingerprint density at radius 1 is 1.40 bits per heavy atom. The van der Waals surface area contributed by atoms with Gasteiger partial charge in [0.05, 0.1) is 11.6 Å². The average molecular weight is 241 g/mol. The predicted octanol–water partition coefficient (Wildman–Crippen LogP) is 2.26. The molecule has 2 nitrogen and oxygen atoms in total. The molecule has 2 N–H and O–H groups in total. The molecular formula is C11H15NOS2. The quantitative estimate of drug-likeness (QED) is 0.612. The van der Waals surface area contributed by atoms with Crippen LogP contribution < -0.4 is 10.5 Å². The summed E-state index contributed by atoms with van der Waals surface area (Å²) in [6.07, 6.45) is 2.72. The lowest BCUT2D eigenvalue weighted by atomic mass is 10.1. The minimum Gasteiger partial charge on any atom is -0.493 e. The molecule has 0 aromatic heterocycles. The van der Waals surface area contributed by atoms with Crippen molar-refractivity contribution in [3.8, 4) is 5.75 Å². The minimum absolute atomic E-state index is 0.519. The molecule has 0 aliphatic rings. The second-order valence-corrected chi connectivity index (χ2v) is 4.64. The zero-order chi connectivity index (χ0) is 11.1. The summed E-state index contributed by atoms with van der Waals surface area (Å²) in [6, 6.07) is 7.89. The Hall–Kier alpha value is -0.740. The van der Waals surface area contributed by atoms with E-state index in [1.54, 1.807) is 11.8 Å². The van der Waals surface area contributed by atoms with E-state index < -0.39 is 0 Å². The molecule has 0 amide bonds. The monoisotopic (exact) mass is 241 g/mol. The van der Waals surface area contributed by atoms with Crippen molar-refractivity contribution in [1.82, 2.24) is 0 Å². The van der Waals surface area contributed by atoms with Gasteiger partial charge >= 0.3 is 0 Å². The van der Waals surface area contributed by atoms with E-state index in [9.17, 15) is 0 Å². The first-order valence-electron chi connectivity index (χ1n) is 4.71. The number of thioether (sulfide) groups is 1. The summed E-state index contributed by atoms with van der Waals surface area (Å²) in [7, 11) is 0. The fourth-order valence-corrected chi connectivity index (χ4v) is 1.56. The summed E-state index contributed by atoms with van der Waals surface area (Å²) in [5, 5.41) is 0. The number of hydrogen-bond donors (Lipinski definition) is 1. The van der Waals surface area contributed by atoms with Crippen LogP contribution in [0, 0.1) is 0 Å². The van der Waals surface area contributed by atoms with Crippen molar-refractivity contribution >= 4 is 29.0 Å². The molecule has 4 heteroatoms. The third-order valence-electron chi connectivity index (χ3n) is 1.86. The average Bonchev–Trinajstić information content (AvgIpc) is 2.20. The molecule has 0 unspecified atom stereocenters. The highest BCUT2D eigenvalue weighted by molar-refractivity contribution is 7.98. The number of rotatable bonds is 6. The van der Waals surface area contributed by atoms with Crippen LogP contribution in [0.5, 0.6) is 5.75 Å². The third-order valence-corrected chi connectivity index (χ3v) is 2.58. The first-order valence-corrected chi connectivity index (χ1v) is 6.51. The Kier molecular flexibility index (Phi) is 5.50. The Morgan fingerprint density at radius 3 is 2.60 bits per heavy atom. The van der Waals surface area contributed by atoms with Crippen molar-refractivity contribution in [3.63, 3.8) is 0 Å². The molecule has 0 heterocycles. The molecule has 0 bridgehead atoms. The van der Waals surface area contributed by atoms with Crippen molar-refractivity contribution in [2.45, 2.75) is 6.42 Å². The summed E-state index contributed by atoms with van der Waals surface area (Å²) < 4.78 is 5.52. The van der Waals surface area contributed by atoms with Gasteiger partial charge in [0, 0.05) is 12.2 Å². The molecule has 0 atom stereocenters. The molecule has 0 aliphatic carbocycles. The highest BCUT2D eigenvalue weighted by Crippen LogP contribution is 2.12. The lowest BCUT2D eigenvalue weighted by Crippen LogP contribution is -2.10. The van der Waals surface area contributed by atoms with Gasteiger partial charge in [-0.05, 0) is 24.0 Å². The second kappa shape index (κ2) is 6.69. The largest absolute Gasteiger partial charge is 0.493 e. The van der Waals surface area contributed by atoms with Crippen LogP contribution in [-0.2, 0) is 6.42 Å². The Bertz CT molecular complexity index is 311. The molecule has 0 radical (unpaired) electrons. The summed E-state index contributed by atoms with van der Waals surface area (Å²) in [6.45, 7) is 0.746. The highest BCUT2D eigenvalue weighted by Gasteiger charge is 1.96. The molecule has 82 valence electrons. The summed E-state index contributed by atoms with van der Waals surface area (Å²) in [5.74, 6) is 1.91. The van der Waals surface area contributed by atoms with Crippen molar-refractivity contribution in [2.24, 2.45) is 5.73 Å². The number of nitrogens with two attached hydrogens (primary N) is 1. The van der Waals surface area contributed by atoms with Gasteiger partial charge in [0.1, 0.15) is 5.75 Å². The maximum absolute atomic E-state index is 5.52. The zero-order valence-electron chi connectivity index (χ0n) is 8.73. The molecule has 0 saturated heterocycles. The van der Waals surface area contributed by atoms with Gasteiger partial charge in [-0.25, -0.2) is 0 Å². The number of hydrogen-bond acceptors (Lipinski definition) is 3. The van der Waals surface area contributed by atoms with Crippen LogP contribution in [0.3, 0.4) is 0 Å². The standard InChI is InChI=1S/C11H15NOS2/c1-15-7-6-13-10-4-2-9(3-5-10)8-11(12)14/h2-5H,6-8H2,1H3,(H2,12,14). The molecule has 0 fully saturated rings. The van der Waals surface area contributed by atoms with Gasteiger partial charge in [0.25, 0.3) is 0 Å². The maximum Gasteiger partial charge on any atom is 0.119 e. The molecule has 1 aromatic rings. The van der Waals surface area contributed by atoms with Crippen LogP contribution in [0.4, 0.5) is 0 Å². The van der Waals surface area contributed by atoms with E-state index in [0.717, 1.165) is 23.7 Å². The van der Waals surface area contributed by atoms with E-state index >= 15 is 0 Å². The van der Waals surface area contributed by atoms with E-state index in [-0.39, 0.29) is 0 Å². The second-order valence-electron chi connectivity index (χ2n) is 3.13. The molecule has 0 spiro atoms. The van der Waals surface area contributed by atoms with Gasteiger partial charge in [0.15, 0.2) is 0 Å². The van der Waals surface area contributed by atoms with E-state index in [2.05, 4.69) is 6.26 Å². The van der Waals surface area contributed by atoms with Gasteiger partial charge < -0.3 is 10.5 Å². The number of thiocarbonyl (C=S) groups is 1. The minimum atomic E-state index is 0.519. The number of ether oxygens (including phenoxy) is 1. The normalized spacial score (nSPS) is 9.93. The Balaban J connectivity index is 2.45. The Morgan fingerprint density at radius 2 is 2.07 bits per heavy atom. The maximum atomic E-state index is 5.52. The van der Waals surface area contributed by atoms with E-state index in [1.165, 1.54) is 0 Å². The molecule has 15 heavy (non-hydrogen) atoms. The van der Waals surface area contributed by atoms with Crippen molar-refractivity contribution in [3.05, 3.63) is 29.8 Å². The van der Waals surface area contributed by atoms with Gasteiger partial charge in [-0.15, -0.1) is 0 Å². The molecule has 1 aromatic carbocycles. The molecular weight excluding hydrogens is 226 g/mol. The van der Waals surface area contributed by atoms with E-state index in [0.29, 0.717) is 11.4 Å². The SMILES string of the molecule is CSCCOc1ccc(CC(N)=S)cc1. The smallest absolute Gasteiger partial charge is 0.119 e. The Labute approximate surface area is 100 Å². The van der Waals surface area contributed by atoms with Crippen LogP contribution in [0.2, 0.25) is 0 Å². The topological polar surface area (TPSA) is 35.2 Å². The fraction of sp³-hybridized carbons (Fsp3) is 0.364. The van der Waals surface area contributed by atoms with Crippen LogP contribution in [0.1, 0.15) is 5.56 Å². The van der Waals surface area contributed by atoms with Crippen LogP contribution in [0.15, 0.2) is 24.3 Å². The summed E-state index contributed by atoms with van der Waals surface area (Å²) in [5.41, 5.74) is 6.58. The molecule has 0 saturated carbocycles. The predicted molar refractivity (Wildman–Crippen MR) is 70.8 cm³/mol. The van der Waals surface area contributed by atoms with Gasteiger partial charge in [-0.3, -0.25) is 0 Å². The van der Waals surface area contributed by atoms with Crippen molar-refractivity contribution < 1.29 is 4.74 Å². The lowest BCUT2D eigenvalue weighted by molar-refractivity contribution is 0.344. The van der Waals surface area contributed by atoms with Gasteiger partial charge in [-0.1, -0.05) is 24.4 Å². The van der Waals surface area contributed by atoms with Gasteiger partial charge in [-0.2, -0.15) is 11.8 Å². The van der Waals surface area contributed by atoms with Crippen LogP contribution >= 0.6 is 24.0 Å². The van der Waals surface area contributed by atoms with Gasteiger partial charge in [0.2, 0.25) is 0 Å². The third kappa shape index (κ3) is 5.04. The zero-order valence-corrected chi connectivity index (χ0v) is 10.4. The van der Waals surface area contributed by atoms with Crippen LogP contribution in [-0.4, -0.2) is 23.6 Å². The first-order chi connectivity index (χ1) is 7.22. The van der Waals surface area contributed by atoms with Crippen molar-refractivity contribution in [2.75, 3.05) is 18.6 Å². The molecule has 0 aliphatic heterocycles. The van der Waals surface area contributed by atoms with Crippen LogP contribution in [0.25, 0.3) is 0 Å².